The van der Waals surface area contributed by atoms with Gasteiger partial charge in [-0.3, -0.25) is 0 Å². The van der Waals surface area contributed by atoms with Crippen LogP contribution >= 0.6 is 24.0 Å². The van der Waals surface area contributed by atoms with Crippen LogP contribution in [-0.4, -0.2) is 28.4 Å². The summed E-state index contributed by atoms with van der Waals surface area (Å²) < 4.78 is 12.5. The van der Waals surface area contributed by atoms with E-state index in [4.69, 9.17) is 21.7 Å². The molecule has 1 fully saturated rings. The Morgan fingerprint density at radius 1 is 1.05 bits per heavy atom. The predicted octanol–water partition coefficient (Wildman–Crippen LogP) is 6.12. The molecule has 1 aliphatic rings. The van der Waals surface area contributed by atoms with Gasteiger partial charge >= 0.3 is 0 Å². The predicted molar refractivity (Wildman–Crippen MR) is 102 cm³/mol. The molecule has 1 rings (SSSR count). The fraction of sp³-hybridized carbons (Fsp3) is 0.944. The molecule has 2 nitrogen and oxygen atoms in total. The highest BCUT2D eigenvalue weighted by Crippen LogP contribution is 2.25. The SMILES string of the molecule is CCCCCCCCCCCC(=S)SC[C@H]1COC(C)(C)O1. The summed E-state index contributed by atoms with van der Waals surface area (Å²) >= 11 is 7.24. The van der Waals surface area contributed by atoms with E-state index in [2.05, 4.69) is 6.92 Å². The number of rotatable bonds is 12. The Kier molecular flexibility index (Phi) is 11.0. The van der Waals surface area contributed by atoms with Gasteiger partial charge in [-0.15, -0.1) is 11.8 Å². The second kappa shape index (κ2) is 11.8. The molecule has 0 unspecified atom stereocenters. The lowest BCUT2D eigenvalue weighted by atomic mass is 10.1. The number of unbranched alkanes of at least 4 members (excludes halogenated alkanes) is 8. The van der Waals surface area contributed by atoms with E-state index in [9.17, 15) is 0 Å². The third-order valence-corrected chi connectivity index (χ3v) is 5.60. The summed E-state index contributed by atoms with van der Waals surface area (Å²) in [7, 11) is 0. The highest BCUT2D eigenvalue weighted by Gasteiger charge is 2.32. The van der Waals surface area contributed by atoms with E-state index in [1.165, 1.54) is 57.8 Å². The first-order chi connectivity index (χ1) is 10.5. The molecule has 22 heavy (non-hydrogen) atoms. The molecule has 1 aliphatic heterocycles. The van der Waals surface area contributed by atoms with Crippen molar-refractivity contribution in [1.29, 1.82) is 0 Å². The monoisotopic (exact) mass is 346 g/mol. The summed E-state index contributed by atoms with van der Waals surface area (Å²) in [4.78, 5) is 0. The van der Waals surface area contributed by atoms with Crippen LogP contribution in [0.5, 0.6) is 0 Å². The molecule has 0 radical (unpaired) electrons. The summed E-state index contributed by atoms with van der Waals surface area (Å²) in [5.74, 6) is 0.518. The van der Waals surface area contributed by atoms with E-state index in [-0.39, 0.29) is 6.10 Å². The van der Waals surface area contributed by atoms with Crippen LogP contribution in [0.1, 0.15) is 85.0 Å². The lowest BCUT2D eigenvalue weighted by Crippen LogP contribution is -2.22. The smallest absolute Gasteiger partial charge is 0.163 e. The molecule has 130 valence electrons. The molecular weight excluding hydrogens is 312 g/mol. The van der Waals surface area contributed by atoms with E-state index in [0.717, 1.165) is 16.4 Å². The molecular formula is C18H34O2S2. The maximum atomic E-state index is 5.79. The molecule has 0 saturated carbocycles. The normalized spacial score (nSPS) is 20.4. The van der Waals surface area contributed by atoms with Gasteiger partial charge in [-0.05, 0) is 26.7 Å². The standard InChI is InChI=1S/C18H34O2S2/c1-4-5-6-7-8-9-10-11-12-13-17(21)22-15-16-14-19-18(2,3)20-16/h16H,4-15H2,1-3H3/t16-/m1/s1. The van der Waals surface area contributed by atoms with Crippen LogP contribution in [0.2, 0.25) is 0 Å². The zero-order valence-corrected chi connectivity index (χ0v) is 16.3. The highest BCUT2D eigenvalue weighted by molar-refractivity contribution is 8.23. The van der Waals surface area contributed by atoms with Gasteiger partial charge in [-0.2, -0.15) is 0 Å². The van der Waals surface area contributed by atoms with Crippen molar-refractivity contribution < 1.29 is 9.47 Å². The minimum absolute atomic E-state index is 0.195. The number of hydrogen-bond acceptors (Lipinski definition) is 4. The molecule has 0 amide bonds. The van der Waals surface area contributed by atoms with Gasteiger partial charge in [0.05, 0.1) is 12.7 Å². The highest BCUT2D eigenvalue weighted by atomic mass is 32.2. The van der Waals surface area contributed by atoms with Crippen molar-refractivity contribution in [3.8, 4) is 0 Å². The maximum absolute atomic E-state index is 5.79. The van der Waals surface area contributed by atoms with Crippen LogP contribution in [0.4, 0.5) is 0 Å². The van der Waals surface area contributed by atoms with Crippen molar-refractivity contribution in [2.45, 2.75) is 96.9 Å². The van der Waals surface area contributed by atoms with Gasteiger partial charge < -0.3 is 9.47 Å². The van der Waals surface area contributed by atoms with E-state index in [0.29, 0.717) is 6.61 Å². The van der Waals surface area contributed by atoms with Crippen LogP contribution in [0, 0.1) is 0 Å². The molecule has 0 aromatic heterocycles. The minimum atomic E-state index is -0.413. The molecule has 0 spiro atoms. The molecule has 1 atom stereocenters. The van der Waals surface area contributed by atoms with Crippen molar-refractivity contribution >= 4 is 28.2 Å². The van der Waals surface area contributed by atoms with Crippen LogP contribution in [0.25, 0.3) is 0 Å². The lowest BCUT2D eigenvalue weighted by molar-refractivity contribution is -0.135. The van der Waals surface area contributed by atoms with Gasteiger partial charge in [0.25, 0.3) is 0 Å². The number of hydrogen-bond donors (Lipinski definition) is 0. The lowest BCUT2D eigenvalue weighted by Gasteiger charge is -2.16. The summed E-state index contributed by atoms with van der Waals surface area (Å²) in [5.41, 5.74) is 0. The number of thioether (sulfide) groups is 1. The molecule has 0 aliphatic carbocycles. The Balaban J connectivity index is 1.87. The van der Waals surface area contributed by atoms with Crippen molar-refractivity contribution in [2.75, 3.05) is 12.4 Å². The Hall–Kier alpha value is 0.360. The van der Waals surface area contributed by atoms with Gasteiger partial charge in [-0.25, -0.2) is 0 Å². The van der Waals surface area contributed by atoms with Gasteiger partial charge in [0.15, 0.2) is 5.79 Å². The van der Waals surface area contributed by atoms with Crippen LogP contribution in [0.3, 0.4) is 0 Å². The number of thiocarbonyl (C=S) groups is 1. The minimum Gasteiger partial charge on any atom is -0.348 e. The third kappa shape index (κ3) is 10.2. The van der Waals surface area contributed by atoms with Gasteiger partial charge in [-0.1, -0.05) is 70.5 Å². The van der Waals surface area contributed by atoms with Crippen LogP contribution in [-0.2, 0) is 9.47 Å². The third-order valence-electron chi connectivity index (χ3n) is 3.98. The molecule has 0 aromatic rings. The van der Waals surface area contributed by atoms with Crippen molar-refractivity contribution in [1.82, 2.24) is 0 Å². The zero-order chi connectivity index (χ0) is 16.3. The summed E-state index contributed by atoms with van der Waals surface area (Å²) in [5, 5.41) is 0. The van der Waals surface area contributed by atoms with E-state index in [1.54, 1.807) is 11.8 Å². The Morgan fingerprint density at radius 3 is 2.18 bits per heavy atom. The van der Waals surface area contributed by atoms with Gasteiger partial charge in [0.2, 0.25) is 0 Å². The molecule has 0 aromatic carbocycles. The van der Waals surface area contributed by atoms with Crippen molar-refractivity contribution in [2.24, 2.45) is 0 Å². The first kappa shape index (κ1) is 20.4. The summed E-state index contributed by atoms with van der Waals surface area (Å²) in [6.45, 7) is 6.91. The van der Waals surface area contributed by atoms with E-state index >= 15 is 0 Å². The Morgan fingerprint density at radius 2 is 1.64 bits per heavy atom. The average Bonchev–Trinajstić information content (AvgIpc) is 2.83. The fourth-order valence-electron chi connectivity index (χ4n) is 2.68. The molecule has 1 heterocycles. The van der Waals surface area contributed by atoms with E-state index < -0.39 is 5.79 Å². The van der Waals surface area contributed by atoms with Crippen molar-refractivity contribution in [3.63, 3.8) is 0 Å². The van der Waals surface area contributed by atoms with Crippen molar-refractivity contribution in [3.05, 3.63) is 0 Å². The Labute approximate surface area is 147 Å². The number of ether oxygens (including phenoxy) is 2. The first-order valence-electron chi connectivity index (χ1n) is 9.01. The molecule has 4 heteroatoms. The van der Waals surface area contributed by atoms with Crippen LogP contribution in [0.15, 0.2) is 0 Å². The summed E-state index contributed by atoms with van der Waals surface area (Å²) in [6.07, 6.45) is 13.6. The quantitative estimate of drug-likeness (QED) is 0.313. The van der Waals surface area contributed by atoms with Gasteiger partial charge in [0, 0.05) is 9.95 Å². The second-order valence-corrected chi connectivity index (χ2v) is 8.58. The maximum Gasteiger partial charge on any atom is 0.163 e. The second-order valence-electron chi connectivity index (χ2n) is 6.71. The average molecular weight is 347 g/mol. The largest absolute Gasteiger partial charge is 0.348 e. The first-order valence-corrected chi connectivity index (χ1v) is 10.4. The van der Waals surface area contributed by atoms with Gasteiger partial charge in [0.1, 0.15) is 0 Å². The zero-order valence-electron chi connectivity index (χ0n) is 14.7. The Bertz CT molecular complexity index is 305. The fourth-order valence-corrected chi connectivity index (χ4v) is 3.86. The molecule has 1 saturated heterocycles. The topological polar surface area (TPSA) is 18.5 Å². The van der Waals surface area contributed by atoms with E-state index in [1.807, 2.05) is 13.8 Å². The van der Waals surface area contributed by atoms with Crippen LogP contribution < -0.4 is 0 Å². The molecule has 0 bridgehead atoms. The summed E-state index contributed by atoms with van der Waals surface area (Å²) in [6, 6.07) is 0. The molecule has 0 N–H and O–H groups in total.